The van der Waals surface area contributed by atoms with Crippen molar-refractivity contribution in [1.82, 2.24) is 5.32 Å². The van der Waals surface area contributed by atoms with Crippen LogP contribution in [0.1, 0.15) is 85.0 Å². The van der Waals surface area contributed by atoms with E-state index in [0.29, 0.717) is 24.2 Å². The van der Waals surface area contributed by atoms with Crippen LogP contribution in [0.15, 0.2) is 23.8 Å². The number of rotatable bonds is 7. The third-order valence-electron chi connectivity index (χ3n) is 7.08. The van der Waals surface area contributed by atoms with Gasteiger partial charge < -0.3 is 15.5 Å². The summed E-state index contributed by atoms with van der Waals surface area (Å²) in [4.78, 5) is 11.9. The highest BCUT2D eigenvalue weighted by molar-refractivity contribution is 5.76. The fourth-order valence-corrected chi connectivity index (χ4v) is 5.69. The molecule has 0 unspecified atom stereocenters. The average molecular weight is 404 g/mol. The Bertz CT molecular complexity index is 612. The summed E-state index contributed by atoms with van der Waals surface area (Å²) in [6.07, 6.45) is 16.0. The maximum atomic E-state index is 11.9. The number of hydrogen-bond acceptors (Lipinski definition) is 3. The number of fused-ring (bicyclic) bond motifs is 1. The lowest BCUT2D eigenvalue weighted by molar-refractivity contribution is -0.122. The Labute approximate surface area is 176 Å². The van der Waals surface area contributed by atoms with Gasteiger partial charge >= 0.3 is 0 Å². The van der Waals surface area contributed by atoms with Crippen molar-refractivity contribution in [1.29, 1.82) is 0 Å². The van der Waals surface area contributed by atoms with Gasteiger partial charge in [-0.15, -0.1) is 0 Å². The smallest absolute Gasteiger partial charge is 0.220 e. The van der Waals surface area contributed by atoms with Gasteiger partial charge in [0.2, 0.25) is 5.91 Å². The first kappa shape index (κ1) is 22.6. The number of aliphatic hydroxyl groups excluding tert-OH is 2. The largest absolute Gasteiger partial charge is 0.392 e. The van der Waals surface area contributed by atoms with Gasteiger partial charge in [0.25, 0.3) is 0 Å². The van der Waals surface area contributed by atoms with Crippen LogP contribution in [0.4, 0.5) is 0 Å². The van der Waals surface area contributed by atoms with Crippen LogP contribution in [0.5, 0.6) is 0 Å². The van der Waals surface area contributed by atoms with Crippen molar-refractivity contribution in [2.24, 2.45) is 23.7 Å². The van der Waals surface area contributed by atoms with Gasteiger partial charge in [0.1, 0.15) is 0 Å². The van der Waals surface area contributed by atoms with Gasteiger partial charge in [-0.1, -0.05) is 36.6 Å². The maximum absolute atomic E-state index is 11.9. The van der Waals surface area contributed by atoms with Crippen molar-refractivity contribution in [2.75, 3.05) is 0 Å². The summed E-state index contributed by atoms with van der Waals surface area (Å²) in [5, 5.41) is 24.0. The predicted octanol–water partition coefficient (Wildman–Crippen LogP) is 4.51. The molecule has 164 valence electrons. The predicted molar refractivity (Wildman–Crippen MR) is 117 cm³/mol. The van der Waals surface area contributed by atoms with Crippen molar-refractivity contribution in [2.45, 2.75) is 103 Å². The van der Waals surface area contributed by atoms with Crippen molar-refractivity contribution in [3.05, 3.63) is 23.8 Å². The number of unbranched alkanes of at least 4 members (excludes halogenated alkanes) is 1. The molecule has 5 atom stereocenters. The highest BCUT2D eigenvalue weighted by atomic mass is 16.3. The summed E-state index contributed by atoms with van der Waals surface area (Å²) in [6.45, 7) is 6.03. The number of aliphatic hydroxyl groups is 2. The Hall–Kier alpha value is -1.13. The van der Waals surface area contributed by atoms with E-state index in [9.17, 15) is 15.0 Å². The Morgan fingerprint density at radius 1 is 1.24 bits per heavy atom. The first-order valence-electron chi connectivity index (χ1n) is 11.8. The third-order valence-corrected chi connectivity index (χ3v) is 7.08. The molecule has 3 fully saturated rings. The van der Waals surface area contributed by atoms with Crippen LogP contribution < -0.4 is 5.32 Å². The molecule has 0 aliphatic heterocycles. The van der Waals surface area contributed by atoms with Gasteiger partial charge in [-0.3, -0.25) is 4.79 Å². The van der Waals surface area contributed by atoms with E-state index in [2.05, 4.69) is 17.5 Å². The number of carbonyl (C=O) groups is 1. The minimum Gasteiger partial charge on any atom is -0.392 e. The van der Waals surface area contributed by atoms with E-state index >= 15 is 0 Å². The Morgan fingerprint density at radius 3 is 2.66 bits per heavy atom. The molecule has 0 aromatic rings. The van der Waals surface area contributed by atoms with Gasteiger partial charge in [-0.2, -0.15) is 0 Å². The first-order chi connectivity index (χ1) is 13.7. The monoisotopic (exact) mass is 403 g/mol. The van der Waals surface area contributed by atoms with E-state index in [0.717, 1.165) is 44.9 Å². The number of nitrogens with one attached hydrogen (secondary N) is 1. The molecule has 1 amide bonds. The summed E-state index contributed by atoms with van der Waals surface area (Å²) < 4.78 is 0. The molecule has 0 heterocycles. The van der Waals surface area contributed by atoms with Crippen LogP contribution in [0.25, 0.3) is 0 Å². The van der Waals surface area contributed by atoms with E-state index in [4.69, 9.17) is 0 Å². The quantitative estimate of drug-likeness (QED) is 0.433. The number of hydrogen-bond donors (Lipinski definition) is 3. The lowest BCUT2D eigenvalue weighted by Crippen LogP contribution is -2.40. The van der Waals surface area contributed by atoms with Gasteiger partial charge in [-0.05, 0) is 83.5 Å². The van der Waals surface area contributed by atoms with Gasteiger partial charge in [0, 0.05) is 17.9 Å². The molecule has 0 saturated heterocycles. The number of carbonyl (C=O) groups excluding carboxylic acids is 1. The molecule has 0 spiro atoms. The second kappa shape index (κ2) is 9.78. The van der Waals surface area contributed by atoms with Gasteiger partial charge in [0.15, 0.2) is 0 Å². The Balaban J connectivity index is 1.45. The summed E-state index contributed by atoms with van der Waals surface area (Å²) in [6, 6.07) is 0. The van der Waals surface area contributed by atoms with Crippen molar-refractivity contribution in [3.8, 4) is 0 Å². The minimum absolute atomic E-state index is 0.133. The molecule has 29 heavy (non-hydrogen) atoms. The van der Waals surface area contributed by atoms with Gasteiger partial charge in [-0.25, -0.2) is 0 Å². The van der Waals surface area contributed by atoms with Crippen LogP contribution in [0.2, 0.25) is 0 Å². The van der Waals surface area contributed by atoms with E-state index in [1.54, 1.807) is 0 Å². The molecule has 0 aromatic carbocycles. The Morgan fingerprint density at radius 2 is 1.97 bits per heavy atom. The second-order valence-electron chi connectivity index (χ2n) is 10.7. The van der Waals surface area contributed by atoms with Gasteiger partial charge in [0.05, 0.1) is 12.2 Å². The minimum atomic E-state index is -0.348. The molecule has 3 aliphatic rings. The lowest BCUT2D eigenvalue weighted by Gasteiger charge is -2.20. The van der Waals surface area contributed by atoms with E-state index in [1.165, 1.54) is 18.4 Å². The summed E-state index contributed by atoms with van der Waals surface area (Å²) in [5.74, 6) is 1.80. The molecule has 3 saturated carbocycles. The number of amides is 1. The van der Waals surface area contributed by atoms with Crippen molar-refractivity contribution in [3.63, 3.8) is 0 Å². The van der Waals surface area contributed by atoms with Crippen LogP contribution in [-0.4, -0.2) is 33.9 Å². The lowest BCUT2D eigenvalue weighted by atomic mass is 9.89. The summed E-state index contributed by atoms with van der Waals surface area (Å²) in [5.41, 5.74) is 1.34. The topological polar surface area (TPSA) is 69.6 Å². The summed E-state index contributed by atoms with van der Waals surface area (Å²) >= 11 is 0. The maximum Gasteiger partial charge on any atom is 0.220 e. The standard InChI is InChI=1S/C25H41NO3/c1-25(2,3)26-24(29)11-7-4-8-17-14-19-16-23(28)20(21(19)15-17)12-13-22(27)18-9-5-6-10-18/h8,12-13,18-23,27-28H,4-7,9-11,14-16H2,1-3H3,(H,26,29)/b13-12+,17-8+/t19-,20+,21-,22+,23+/m0/s1. The van der Waals surface area contributed by atoms with E-state index in [-0.39, 0.29) is 29.6 Å². The highest BCUT2D eigenvalue weighted by Crippen LogP contribution is 2.50. The zero-order chi connectivity index (χ0) is 21.0. The van der Waals surface area contributed by atoms with Crippen molar-refractivity contribution >= 4 is 5.91 Å². The van der Waals surface area contributed by atoms with Crippen LogP contribution in [0.3, 0.4) is 0 Å². The average Bonchev–Trinajstić information content (AvgIpc) is 3.32. The Kier molecular flexibility index (Phi) is 7.61. The van der Waals surface area contributed by atoms with Crippen molar-refractivity contribution < 1.29 is 15.0 Å². The molecule has 0 aromatic heterocycles. The highest BCUT2D eigenvalue weighted by Gasteiger charge is 2.45. The van der Waals surface area contributed by atoms with Crippen LogP contribution in [0, 0.1) is 23.7 Å². The zero-order valence-electron chi connectivity index (χ0n) is 18.6. The van der Waals surface area contributed by atoms with E-state index < -0.39 is 0 Å². The molecule has 0 bridgehead atoms. The third kappa shape index (κ3) is 6.42. The molecular weight excluding hydrogens is 362 g/mol. The number of allylic oxidation sites excluding steroid dienone is 2. The fraction of sp³-hybridized carbons (Fsp3) is 0.800. The van der Waals surface area contributed by atoms with Crippen LogP contribution in [-0.2, 0) is 4.79 Å². The zero-order valence-corrected chi connectivity index (χ0v) is 18.6. The fourth-order valence-electron chi connectivity index (χ4n) is 5.69. The normalized spacial score (nSPS) is 32.9. The van der Waals surface area contributed by atoms with E-state index in [1.807, 2.05) is 26.8 Å². The molecule has 4 nitrogen and oxygen atoms in total. The SMILES string of the molecule is CC(C)(C)NC(=O)CCC/C=C1\C[C@H]2C[C@@H](O)[C@H](/C=C/[C@@H](O)C3CCCC3)[C@H]2C1. The first-order valence-corrected chi connectivity index (χ1v) is 11.8. The van der Waals surface area contributed by atoms with Crippen LogP contribution >= 0.6 is 0 Å². The molecule has 0 radical (unpaired) electrons. The second-order valence-corrected chi connectivity index (χ2v) is 10.7. The molecule has 3 N–H and O–H groups in total. The molecule has 4 heteroatoms. The molecule has 3 aliphatic carbocycles. The molecule has 3 rings (SSSR count). The molecular formula is C25H41NO3. The summed E-state index contributed by atoms with van der Waals surface area (Å²) in [7, 11) is 0.